The largest absolute Gasteiger partial charge is 0.256 e. The molecule has 0 amide bonds. The van der Waals surface area contributed by atoms with Crippen molar-refractivity contribution in [3.8, 4) is 11.3 Å². The van der Waals surface area contributed by atoms with Crippen molar-refractivity contribution in [2.24, 2.45) is 17.8 Å². The van der Waals surface area contributed by atoms with Crippen LogP contribution in [0.3, 0.4) is 0 Å². The normalized spacial score (nSPS) is 19.3. The van der Waals surface area contributed by atoms with Gasteiger partial charge < -0.3 is 0 Å². The predicted octanol–water partition coefficient (Wildman–Crippen LogP) is 9.97. The Morgan fingerprint density at radius 3 is 2.35 bits per heavy atom. The molecule has 1 unspecified atom stereocenters. The van der Waals surface area contributed by atoms with Crippen LogP contribution in [0.5, 0.6) is 0 Å². The van der Waals surface area contributed by atoms with Gasteiger partial charge in [-0.25, -0.2) is 4.39 Å². The molecule has 0 spiro atoms. The Balaban J connectivity index is 1.61. The maximum atomic E-state index is 15.1. The molecule has 1 saturated carbocycles. The van der Waals surface area contributed by atoms with Gasteiger partial charge in [0, 0.05) is 11.8 Å². The molecule has 188 valence electrons. The highest BCUT2D eigenvalue weighted by atomic mass is 19.1. The second-order valence-electron chi connectivity index (χ2n) is 10.8. The third kappa shape index (κ3) is 7.92. The van der Waals surface area contributed by atoms with Crippen LogP contribution in [0.2, 0.25) is 0 Å². The number of unbranched alkanes of at least 4 members (excludes halogenated alkanes) is 3. The van der Waals surface area contributed by atoms with Crippen molar-refractivity contribution in [3.05, 3.63) is 53.5 Å². The van der Waals surface area contributed by atoms with E-state index < -0.39 is 0 Å². The molecule has 2 aromatic rings. The summed E-state index contributed by atoms with van der Waals surface area (Å²) in [5.41, 5.74) is 3.76. The fraction of sp³-hybridized carbons (Fsp3) is 0.656. The first-order valence-electron chi connectivity index (χ1n) is 14.4. The molecular weight excluding hydrogens is 417 g/mol. The molecule has 1 heterocycles. The van der Waals surface area contributed by atoms with Gasteiger partial charge in [-0.15, -0.1) is 0 Å². The van der Waals surface area contributed by atoms with E-state index in [0.29, 0.717) is 5.56 Å². The van der Waals surface area contributed by atoms with E-state index in [2.05, 4.69) is 37.9 Å². The molecular formula is C32H48FN. The summed E-state index contributed by atoms with van der Waals surface area (Å²) in [5.74, 6) is 2.46. The summed E-state index contributed by atoms with van der Waals surface area (Å²) in [7, 11) is 0. The second kappa shape index (κ2) is 14.6. The number of benzene rings is 1. The first kappa shape index (κ1) is 26.9. The maximum Gasteiger partial charge on any atom is 0.132 e. The topological polar surface area (TPSA) is 12.9 Å². The van der Waals surface area contributed by atoms with E-state index in [4.69, 9.17) is 0 Å². The van der Waals surface area contributed by atoms with Gasteiger partial charge in [0.15, 0.2) is 0 Å². The third-order valence-corrected chi connectivity index (χ3v) is 8.17. The molecule has 1 nitrogen and oxygen atoms in total. The second-order valence-corrected chi connectivity index (χ2v) is 10.8. The van der Waals surface area contributed by atoms with E-state index in [9.17, 15) is 0 Å². The lowest BCUT2D eigenvalue weighted by atomic mass is 9.68. The van der Waals surface area contributed by atoms with Crippen molar-refractivity contribution < 1.29 is 4.39 Å². The van der Waals surface area contributed by atoms with Crippen molar-refractivity contribution in [3.63, 3.8) is 0 Å². The first-order chi connectivity index (χ1) is 16.7. The SMILES string of the molecule is CCCCCc1ccc(-c2ccc(CC[C@@H]3CCCC[C@H]3C(CCC)CCCC)cc2F)nc1. The van der Waals surface area contributed by atoms with E-state index in [-0.39, 0.29) is 5.82 Å². The Labute approximate surface area is 209 Å². The number of nitrogens with zero attached hydrogens (tertiary/aromatic N) is 1. The van der Waals surface area contributed by atoms with Crippen LogP contribution in [0, 0.1) is 23.6 Å². The van der Waals surface area contributed by atoms with Gasteiger partial charge in [0.25, 0.3) is 0 Å². The van der Waals surface area contributed by atoms with E-state index in [0.717, 1.165) is 41.9 Å². The Hall–Kier alpha value is -1.70. The van der Waals surface area contributed by atoms with Gasteiger partial charge in [0.1, 0.15) is 5.82 Å². The van der Waals surface area contributed by atoms with Crippen molar-refractivity contribution in [1.82, 2.24) is 4.98 Å². The summed E-state index contributed by atoms with van der Waals surface area (Å²) in [6.07, 6.45) is 21.2. The Kier molecular flexibility index (Phi) is 11.6. The molecule has 0 radical (unpaired) electrons. The molecule has 1 aromatic heterocycles. The van der Waals surface area contributed by atoms with Crippen LogP contribution in [0.1, 0.15) is 115 Å². The summed E-state index contributed by atoms with van der Waals surface area (Å²) in [6, 6.07) is 9.94. The zero-order valence-electron chi connectivity index (χ0n) is 22.1. The van der Waals surface area contributed by atoms with Crippen LogP contribution in [0.4, 0.5) is 4.39 Å². The van der Waals surface area contributed by atoms with Crippen LogP contribution < -0.4 is 0 Å². The molecule has 1 aliphatic rings. The number of pyridine rings is 1. The standard InChI is InChI=1S/C32H48FN/c1-4-7-9-13-26-19-22-32(34-24-26)30-21-18-25(23-31(30)33)17-20-28-15-10-11-16-29(28)27(12-6-3)14-8-5-2/h18-19,21-24,27-29H,4-17,20H2,1-3H3/t27?,28-,29-/m0/s1. The molecule has 1 aromatic carbocycles. The van der Waals surface area contributed by atoms with E-state index in [1.54, 1.807) is 6.07 Å². The number of hydrogen-bond donors (Lipinski definition) is 0. The zero-order valence-corrected chi connectivity index (χ0v) is 22.1. The molecule has 1 fully saturated rings. The molecule has 1 aliphatic carbocycles. The van der Waals surface area contributed by atoms with Gasteiger partial charge in [-0.3, -0.25) is 4.98 Å². The van der Waals surface area contributed by atoms with E-state index in [1.807, 2.05) is 18.3 Å². The average molecular weight is 466 g/mol. The van der Waals surface area contributed by atoms with Crippen LogP contribution in [-0.4, -0.2) is 4.98 Å². The predicted molar refractivity (Wildman–Crippen MR) is 145 cm³/mol. The number of halogens is 1. The minimum atomic E-state index is -0.129. The number of hydrogen-bond acceptors (Lipinski definition) is 1. The Bertz CT molecular complexity index is 827. The molecule has 0 N–H and O–H groups in total. The molecule has 3 atom stereocenters. The number of aromatic nitrogens is 1. The van der Waals surface area contributed by atoms with Crippen molar-refractivity contribution in [2.45, 2.75) is 117 Å². The van der Waals surface area contributed by atoms with Gasteiger partial charge in [-0.2, -0.15) is 0 Å². The summed E-state index contributed by atoms with van der Waals surface area (Å²) >= 11 is 0. The minimum absolute atomic E-state index is 0.129. The number of rotatable bonds is 14. The summed E-state index contributed by atoms with van der Waals surface area (Å²) in [4.78, 5) is 4.57. The first-order valence-corrected chi connectivity index (χ1v) is 14.4. The van der Waals surface area contributed by atoms with Gasteiger partial charge >= 0.3 is 0 Å². The highest BCUT2D eigenvalue weighted by molar-refractivity contribution is 5.60. The molecule has 34 heavy (non-hydrogen) atoms. The van der Waals surface area contributed by atoms with Crippen molar-refractivity contribution >= 4 is 0 Å². The van der Waals surface area contributed by atoms with Crippen LogP contribution >= 0.6 is 0 Å². The van der Waals surface area contributed by atoms with E-state index in [1.165, 1.54) is 89.0 Å². The lowest BCUT2D eigenvalue weighted by Crippen LogP contribution is -2.27. The quantitative estimate of drug-likeness (QED) is 0.253. The third-order valence-electron chi connectivity index (χ3n) is 8.17. The van der Waals surface area contributed by atoms with Gasteiger partial charge in [0.2, 0.25) is 0 Å². The van der Waals surface area contributed by atoms with Crippen LogP contribution in [-0.2, 0) is 12.8 Å². The average Bonchev–Trinajstić information content (AvgIpc) is 2.86. The molecule has 0 saturated heterocycles. The van der Waals surface area contributed by atoms with Gasteiger partial charge in [0.05, 0.1) is 5.69 Å². The molecule has 0 bridgehead atoms. The summed E-state index contributed by atoms with van der Waals surface area (Å²) in [6.45, 7) is 6.88. The summed E-state index contributed by atoms with van der Waals surface area (Å²) < 4.78 is 15.1. The highest BCUT2D eigenvalue weighted by Gasteiger charge is 2.30. The number of aryl methyl sites for hydroxylation is 2. The van der Waals surface area contributed by atoms with Gasteiger partial charge in [-0.05, 0) is 79.2 Å². The monoisotopic (exact) mass is 465 g/mol. The Morgan fingerprint density at radius 1 is 0.853 bits per heavy atom. The summed E-state index contributed by atoms with van der Waals surface area (Å²) in [5, 5.41) is 0. The zero-order chi connectivity index (χ0) is 24.2. The smallest absolute Gasteiger partial charge is 0.132 e. The molecule has 2 heteroatoms. The lowest BCUT2D eigenvalue weighted by Gasteiger charge is -2.38. The highest BCUT2D eigenvalue weighted by Crippen LogP contribution is 2.41. The minimum Gasteiger partial charge on any atom is -0.256 e. The van der Waals surface area contributed by atoms with Crippen molar-refractivity contribution in [1.29, 1.82) is 0 Å². The van der Waals surface area contributed by atoms with E-state index >= 15 is 4.39 Å². The fourth-order valence-corrected chi connectivity index (χ4v) is 6.21. The van der Waals surface area contributed by atoms with Crippen LogP contribution in [0.15, 0.2) is 36.5 Å². The molecule has 3 rings (SSSR count). The molecule has 0 aliphatic heterocycles. The fourth-order valence-electron chi connectivity index (χ4n) is 6.21. The van der Waals surface area contributed by atoms with Gasteiger partial charge in [-0.1, -0.05) is 97.1 Å². The maximum absolute atomic E-state index is 15.1. The van der Waals surface area contributed by atoms with Crippen molar-refractivity contribution in [2.75, 3.05) is 0 Å². The Morgan fingerprint density at radius 2 is 1.65 bits per heavy atom. The lowest BCUT2D eigenvalue weighted by molar-refractivity contribution is 0.135. The van der Waals surface area contributed by atoms with Crippen LogP contribution in [0.25, 0.3) is 11.3 Å².